The van der Waals surface area contributed by atoms with Crippen molar-refractivity contribution in [1.29, 1.82) is 0 Å². The summed E-state index contributed by atoms with van der Waals surface area (Å²) < 4.78 is 0. The summed E-state index contributed by atoms with van der Waals surface area (Å²) in [6.07, 6.45) is 3.87. The molecule has 0 aliphatic carbocycles. The summed E-state index contributed by atoms with van der Waals surface area (Å²) >= 11 is 0. The molecule has 3 heteroatoms. The molecule has 2 aliphatic rings. The summed E-state index contributed by atoms with van der Waals surface area (Å²) in [5.41, 5.74) is 4.39. The van der Waals surface area contributed by atoms with E-state index in [-0.39, 0.29) is 0 Å². The highest BCUT2D eigenvalue weighted by atomic mass is 15.2. The third-order valence-electron chi connectivity index (χ3n) is 4.86. The molecule has 3 nitrogen and oxygen atoms in total. The highest BCUT2D eigenvalue weighted by molar-refractivity contribution is 5.85. The molecule has 1 aromatic carbocycles. The normalized spacial score (nSPS) is 25.9. The minimum absolute atomic E-state index is 0.637. The monoisotopic (exact) mass is 255 g/mol. The van der Waals surface area contributed by atoms with Crippen molar-refractivity contribution in [3.8, 4) is 0 Å². The van der Waals surface area contributed by atoms with Gasteiger partial charge in [0.25, 0.3) is 0 Å². The largest absolute Gasteiger partial charge is 0.358 e. The van der Waals surface area contributed by atoms with E-state index >= 15 is 0 Å². The minimum atomic E-state index is 0.637. The van der Waals surface area contributed by atoms with E-state index in [2.05, 4.69) is 39.5 Å². The number of hydrogen-bond acceptors (Lipinski definition) is 2. The Labute approximate surface area is 114 Å². The second-order valence-electron chi connectivity index (χ2n) is 5.86. The minimum Gasteiger partial charge on any atom is -0.358 e. The van der Waals surface area contributed by atoms with Crippen molar-refractivity contribution in [1.82, 2.24) is 15.2 Å². The smallest absolute Gasteiger partial charge is 0.0459 e. The lowest BCUT2D eigenvalue weighted by Crippen LogP contribution is -2.40. The average Bonchev–Trinajstić information content (AvgIpc) is 2.93. The van der Waals surface area contributed by atoms with Crippen LogP contribution in [0.15, 0.2) is 24.3 Å². The number of rotatable bonds is 3. The van der Waals surface area contributed by atoms with E-state index in [9.17, 15) is 0 Å². The summed E-state index contributed by atoms with van der Waals surface area (Å²) in [5.74, 6) is 0. The molecule has 2 unspecified atom stereocenters. The number of benzene rings is 1. The van der Waals surface area contributed by atoms with Crippen molar-refractivity contribution < 1.29 is 0 Å². The molecule has 0 radical (unpaired) electrons. The Bertz CT molecular complexity index is 601. The van der Waals surface area contributed by atoms with Gasteiger partial charge in [-0.2, -0.15) is 0 Å². The molecule has 2 bridgehead atoms. The van der Waals surface area contributed by atoms with Gasteiger partial charge in [-0.05, 0) is 31.5 Å². The van der Waals surface area contributed by atoms with Crippen LogP contribution < -0.4 is 5.32 Å². The molecule has 0 spiro atoms. The molecule has 100 valence electrons. The number of hydrogen-bond donors (Lipinski definition) is 2. The molecule has 2 aliphatic heterocycles. The Morgan fingerprint density at radius 3 is 3.11 bits per heavy atom. The first kappa shape index (κ1) is 11.5. The number of aromatic nitrogens is 1. The maximum atomic E-state index is 3.65. The van der Waals surface area contributed by atoms with Crippen molar-refractivity contribution in [2.24, 2.45) is 0 Å². The molecule has 1 aromatic heterocycles. The fourth-order valence-corrected chi connectivity index (χ4v) is 4.04. The van der Waals surface area contributed by atoms with Gasteiger partial charge in [-0.25, -0.2) is 0 Å². The molecule has 2 atom stereocenters. The molecular weight excluding hydrogens is 234 g/mol. The van der Waals surface area contributed by atoms with Crippen LogP contribution >= 0.6 is 0 Å². The summed E-state index contributed by atoms with van der Waals surface area (Å²) in [5, 5.41) is 4.73. The van der Waals surface area contributed by atoms with Gasteiger partial charge in [0.15, 0.2) is 0 Å². The first-order valence-corrected chi connectivity index (χ1v) is 7.38. The van der Waals surface area contributed by atoms with Crippen molar-refractivity contribution >= 4 is 10.9 Å². The second-order valence-corrected chi connectivity index (χ2v) is 5.86. The molecule has 1 saturated heterocycles. The third-order valence-corrected chi connectivity index (χ3v) is 4.86. The number of H-pyrrole nitrogens is 1. The number of fused-ring (bicyclic) bond motifs is 6. The van der Waals surface area contributed by atoms with Crippen molar-refractivity contribution in [3.63, 3.8) is 0 Å². The van der Waals surface area contributed by atoms with Gasteiger partial charge >= 0.3 is 0 Å². The number of aromatic amines is 1. The van der Waals surface area contributed by atoms with Gasteiger partial charge in [0.1, 0.15) is 0 Å². The number of nitrogens with zero attached hydrogens (tertiary/aromatic N) is 1. The van der Waals surface area contributed by atoms with Crippen LogP contribution in [0.25, 0.3) is 10.9 Å². The van der Waals surface area contributed by atoms with Gasteiger partial charge < -0.3 is 10.3 Å². The van der Waals surface area contributed by atoms with Gasteiger partial charge in [0, 0.05) is 48.2 Å². The van der Waals surface area contributed by atoms with Gasteiger partial charge in [-0.15, -0.1) is 0 Å². The Morgan fingerprint density at radius 2 is 2.21 bits per heavy atom. The summed E-state index contributed by atoms with van der Waals surface area (Å²) in [6, 6.07) is 10.2. The van der Waals surface area contributed by atoms with Gasteiger partial charge in [-0.3, -0.25) is 4.90 Å². The topological polar surface area (TPSA) is 31.1 Å². The van der Waals surface area contributed by atoms with E-state index in [1.165, 1.54) is 42.4 Å². The highest BCUT2D eigenvalue weighted by Gasteiger charge is 2.41. The standard InChI is InChI=1S/C16H21N3/c1-17-8-9-19-11-6-7-15(19)16-12-4-2-3-5-13(12)18-14(16)10-11/h2-5,11,15,17-18H,6-10H2,1H3. The predicted molar refractivity (Wildman–Crippen MR) is 78.4 cm³/mol. The van der Waals surface area contributed by atoms with Crippen LogP contribution in [0.1, 0.15) is 30.1 Å². The summed E-state index contributed by atoms with van der Waals surface area (Å²) in [4.78, 5) is 6.37. The summed E-state index contributed by atoms with van der Waals surface area (Å²) in [7, 11) is 2.04. The number of likely N-dealkylation sites (N-methyl/N-ethyl adjacent to an activating group) is 1. The molecule has 0 saturated carbocycles. The van der Waals surface area contributed by atoms with Gasteiger partial charge in [-0.1, -0.05) is 18.2 Å². The van der Waals surface area contributed by atoms with Crippen LogP contribution in [-0.2, 0) is 6.42 Å². The fourth-order valence-electron chi connectivity index (χ4n) is 4.04. The average molecular weight is 255 g/mol. The molecule has 0 amide bonds. The molecule has 1 fully saturated rings. The van der Waals surface area contributed by atoms with E-state index in [4.69, 9.17) is 0 Å². The Hall–Kier alpha value is -1.32. The van der Waals surface area contributed by atoms with E-state index in [0.717, 1.165) is 12.6 Å². The second kappa shape index (κ2) is 4.36. The van der Waals surface area contributed by atoms with E-state index < -0.39 is 0 Å². The van der Waals surface area contributed by atoms with Crippen LogP contribution in [0, 0.1) is 0 Å². The van der Waals surface area contributed by atoms with Crippen molar-refractivity contribution in [2.45, 2.75) is 31.3 Å². The maximum Gasteiger partial charge on any atom is 0.0459 e. The zero-order valence-corrected chi connectivity index (χ0v) is 11.4. The van der Waals surface area contributed by atoms with E-state index in [1.807, 2.05) is 7.05 Å². The Balaban J connectivity index is 1.79. The SMILES string of the molecule is CNCCN1C2CCC1c1c([nH]c3ccccc13)C2. The van der Waals surface area contributed by atoms with Crippen LogP contribution in [0.3, 0.4) is 0 Å². The molecule has 3 heterocycles. The first-order valence-electron chi connectivity index (χ1n) is 7.38. The zero-order chi connectivity index (χ0) is 12.8. The van der Waals surface area contributed by atoms with Crippen LogP contribution in [0.4, 0.5) is 0 Å². The van der Waals surface area contributed by atoms with Crippen LogP contribution in [-0.4, -0.2) is 36.1 Å². The summed E-state index contributed by atoms with van der Waals surface area (Å²) in [6.45, 7) is 2.26. The Morgan fingerprint density at radius 1 is 1.32 bits per heavy atom. The van der Waals surface area contributed by atoms with Crippen molar-refractivity contribution in [3.05, 3.63) is 35.5 Å². The Kier molecular flexibility index (Phi) is 2.64. The van der Waals surface area contributed by atoms with Crippen molar-refractivity contribution in [2.75, 3.05) is 20.1 Å². The van der Waals surface area contributed by atoms with Crippen LogP contribution in [0.2, 0.25) is 0 Å². The molecule has 2 aromatic rings. The van der Waals surface area contributed by atoms with Gasteiger partial charge in [0.05, 0.1) is 0 Å². The quantitative estimate of drug-likeness (QED) is 0.882. The first-order chi connectivity index (χ1) is 9.38. The maximum absolute atomic E-state index is 3.65. The van der Waals surface area contributed by atoms with E-state index in [0.29, 0.717) is 6.04 Å². The van der Waals surface area contributed by atoms with Gasteiger partial charge in [0.2, 0.25) is 0 Å². The zero-order valence-electron chi connectivity index (χ0n) is 11.4. The fraction of sp³-hybridized carbons (Fsp3) is 0.500. The molecule has 4 rings (SSSR count). The van der Waals surface area contributed by atoms with E-state index in [1.54, 1.807) is 5.56 Å². The lowest BCUT2D eigenvalue weighted by molar-refractivity contribution is 0.180. The lowest BCUT2D eigenvalue weighted by Gasteiger charge is -2.35. The number of para-hydroxylation sites is 1. The lowest BCUT2D eigenvalue weighted by atomic mass is 9.97. The number of nitrogens with one attached hydrogen (secondary N) is 2. The highest BCUT2D eigenvalue weighted by Crippen LogP contribution is 2.46. The molecule has 19 heavy (non-hydrogen) atoms. The molecular formula is C16H21N3. The van der Waals surface area contributed by atoms with Crippen LogP contribution in [0.5, 0.6) is 0 Å². The molecule has 2 N–H and O–H groups in total. The third kappa shape index (κ3) is 1.65. The predicted octanol–water partition coefficient (Wildman–Crippen LogP) is 2.45.